The van der Waals surface area contributed by atoms with Crippen LogP contribution in [0.1, 0.15) is 39.6 Å². The van der Waals surface area contributed by atoms with E-state index in [1.807, 2.05) is 13.0 Å². The minimum absolute atomic E-state index is 0.0955. The molecule has 11 nitrogen and oxygen atoms in total. The lowest BCUT2D eigenvalue weighted by Gasteiger charge is -2.15. The summed E-state index contributed by atoms with van der Waals surface area (Å²) < 4.78 is 21.4. The lowest BCUT2D eigenvalue weighted by Crippen LogP contribution is -2.31. The second kappa shape index (κ2) is 13.1. The van der Waals surface area contributed by atoms with Gasteiger partial charge in [0.25, 0.3) is 0 Å². The summed E-state index contributed by atoms with van der Waals surface area (Å²) in [5, 5.41) is 9.21. The van der Waals surface area contributed by atoms with Gasteiger partial charge in [-0.2, -0.15) is 5.26 Å². The van der Waals surface area contributed by atoms with Gasteiger partial charge >= 0.3 is 5.97 Å². The zero-order valence-electron chi connectivity index (χ0n) is 24.4. The fraction of sp³-hybridized carbons (Fsp3) is 0.176. The Balaban J connectivity index is 1.10. The zero-order valence-corrected chi connectivity index (χ0v) is 25.2. The summed E-state index contributed by atoms with van der Waals surface area (Å²) in [7, 11) is 0. The molecule has 3 aromatic carbocycles. The number of benzene rings is 3. The highest BCUT2D eigenvalue weighted by molar-refractivity contribution is 8.00. The Morgan fingerprint density at radius 3 is 2.46 bits per heavy atom. The first-order chi connectivity index (χ1) is 22.3. The Labute approximate surface area is 267 Å². The number of carbonyl (C=O) groups is 4. The number of nitriles is 1. The quantitative estimate of drug-likeness (QED) is 0.129. The molecular formula is C34H25N3O8S. The second-order valence-corrected chi connectivity index (χ2v) is 11.3. The Morgan fingerprint density at radius 1 is 0.978 bits per heavy atom. The molecule has 230 valence electrons. The Kier molecular flexibility index (Phi) is 8.67. The van der Waals surface area contributed by atoms with Crippen LogP contribution in [0, 0.1) is 11.3 Å². The number of fused-ring (bicyclic) bond motifs is 1. The summed E-state index contributed by atoms with van der Waals surface area (Å²) in [6.45, 7) is 2.04. The van der Waals surface area contributed by atoms with E-state index in [-0.39, 0.29) is 35.8 Å². The van der Waals surface area contributed by atoms with Crippen molar-refractivity contribution in [2.45, 2.75) is 23.6 Å². The van der Waals surface area contributed by atoms with Crippen LogP contribution in [0.5, 0.6) is 17.2 Å². The van der Waals surface area contributed by atoms with Gasteiger partial charge in [0, 0.05) is 17.5 Å². The van der Waals surface area contributed by atoms with Gasteiger partial charge < -0.3 is 18.9 Å². The van der Waals surface area contributed by atoms with Crippen molar-refractivity contribution in [3.8, 4) is 34.6 Å². The van der Waals surface area contributed by atoms with Crippen molar-refractivity contribution in [3.63, 3.8) is 0 Å². The average Bonchev–Trinajstić information content (AvgIpc) is 3.66. The smallest absolute Gasteiger partial charge is 0.338 e. The molecule has 4 aromatic rings. The van der Waals surface area contributed by atoms with E-state index in [9.17, 15) is 24.4 Å². The van der Waals surface area contributed by atoms with Crippen molar-refractivity contribution in [1.29, 1.82) is 5.26 Å². The maximum atomic E-state index is 13.4. The van der Waals surface area contributed by atoms with E-state index in [4.69, 9.17) is 18.9 Å². The minimum atomic E-state index is -0.808. The number of Topliss-reactive ketones (excluding diaryl/α,β-unsaturated/α-hetero) is 1. The zero-order chi connectivity index (χ0) is 32.2. The SMILES string of the molecule is CCOc1ccc(C(=O)COC(=O)c2ccc(N3C(=O)CC(Sc4nc(-c5ccc6c(c5)OCO6)ccc4C#N)C3=O)cc2)cc1. The Bertz CT molecular complexity index is 1890. The van der Waals surface area contributed by atoms with Crippen LogP contribution in [-0.4, -0.2) is 53.8 Å². The largest absolute Gasteiger partial charge is 0.494 e. The molecule has 6 rings (SSSR count). The number of anilines is 1. The fourth-order valence-electron chi connectivity index (χ4n) is 4.88. The highest BCUT2D eigenvalue weighted by Crippen LogP contribution is 2.38. The van der Waals surface area contributed by atoms with Crippen LogP contribution in [0.25, 0.3) is 11.3 Å². The molecule has 0 radical (unpaired) electrons. The molecular weight excluding hydrogens is 610 g/mol. The first-order valence-electron chi connectivity index (χ1n) is 14.2. The standard InChI is InChI=1S/C34H25N3O8S/c1-2-42-25-11-5-20(6-12-25)27(38)18-43-34(41)21-3-9-24(10-4-21)37-31(39)16-30(33(37)40)46-32-23(17-35)7-13-26(36-32)22-8-14-28-29(15-22)45-19-44-28/h3-15,30H,2,16,18-19H2,1H3. The average molecular weight is 636 g/mol. The number of pyridine rings is 1. The summed E-state index contributed by atoms with van der Waals surface area (Å²) >= 11 is 1.05. The van der Waals surface area contributed by atoms with Crippen LogP contribution in [0.3, 0.4) is 0 Å². The second-order valence-electron chi connectivity index (χ2n) is 10.1. The number of carbonyl (C=O) groups excluding carboxylic acids is 4. The number of hydrogen-bond donors (Lipinski definition) is 0. The van der Waals surface area contributed by atoms with Gasteiger partial charge in [0.1, 0.15) is 16.8 Å². The number of ether oxygens (including phenoxy) is 4. The molecule has 1 aromatic heterocycles. The van der Waals surface area contributed by atoms with E-state index in [2.05, 4.69) is 11.1 Å². The van der Waals surface area contributed by atoms with Crippen molar-refractivity contribution in [2.24, 2.45) is 0 Å². The minimum Gasteiger partial charge on any atom is -0.494 e. The molecule has 46 heavy (non-hydrogen) atoms. The highest BCUT2D eigenvalue weighted by atomic mass is 32.2. The lowest BCUT2D eigenvalue weighted by atomic mass is 10.1. The summed E-state index contributed by atoms with van der Waals surface area (Å²) in [6, 6.07) is 23.1. The van der Waals surface area contributed by atoms with Gasteiger partial charge in [-0.05, 0) is 85.8 Å². The maximum Gasteiger partial charge on any atom is 0.338 e. The topological polar surface area (TPSA) is 145 Å². The van der Waals surface area contributed by atoms with Crippen molar-refractivity contribution in [2.75, 3.05) is 24.9 Å². The number of esters is 1. The molecule has 2 aliphatic rings. The van der Waals surface area contributed by atoms with Crippen LogP contribution in [0.15, 0.2) is 83.9 Å². The summed E-state index contributed by atoms with van der Waals surface area (Å²) in [5.74, 6) is -0.152. The molecule has 1 atom stereocenters. The van der Waals surface area contributed by atoms with Crippen molar-refractivity contribution >= 4 is 41.0 Å². The van der Waals surface area contributed by atoms with Gasteiger partial charge in [0.15, 0.2) is 23.9 Å². The molecule has 0 saturated carbocycles. The first-order valence-corrected chi connectivity index (χ1v) is 15.1. The van der Waals surface area contributed by atoms with Crippen LogP contribution in [0.2, 0.25) is 0 Å². The van der Waals surface area contributed by atoms with Gasteiger partial charge in [0.05, 0.1) is 34.4 Å². The number of nitrogens with zero attached hydrogens (tertiary/aromatic N) is 3. The van der Waals surface area contributed by atoms with E-state index in [1.54, 1.807) is 48.5 Å². The van der Waals surface area contributed by atoms with E-state index in [0.717, 1.165) is 22.2 Å². The van der Waals surface area contributed by atoms with Crippen molar-refractivity contribution in [3.05, 3.63) is 95.6 Å². The van der Waals surface area contributed by atoms with Crippen molar-refractivity contribution < 1.29 is 38.1 Å². The lowest BCUT2D eigenvalue weighted by molar-refractivity contribution is -0.121. The van der Waals surface area contributed by atoms with Gasteiger partial charge in [0.2, 0.25) is 18.6 Å². The van der Waals surface area contributed by atoms with E-state index in [1.165, 1.54) is 24.3 Å². The molecule has 1 fully saturated rings. The number of aromatic nitrogens is 1. The molecule has 1 saturated heterocycles. The van der Waals surface area contributed by atoms with E-state index in [0.29, 0.717) is 40.1 Å². The third-order valence-electron chi connectivity index (χ3n) is 7.19. The van der Waals surface area contributed by atoms with Crippen LogP contribution in [0.4, 0.5) is 5.69 Å². The molecule has 0 aliphatic carbocycles. The maximum absolute atomic E-state index is 13.4. The van der Waals surface area contributed by atoms with Crippen LogP contribution < -0.4 is 19.1 Å². The Morgan fingerprint density at radius 2 is 1.72 bits per heavy atom. The summed E-state index contributed by atoms with van der Waals surface area (Å²) in [6.07, 6.45) is -0.0955. The predicted octanol–water partition coefficient (Wildman–Crippen LogP) is 5.21. The normalized spacial score (nSPS) is 15.0. The first kappa shape index (κ1) is 30.4. The van der Waals surface area contributed by atoms with Gasteiger partial charge in [-0.3, -0.25) is 14.4 Å². The molecule has 3 heterocycles. The Hall–Kier alpha value is -5.67. The van der Waals surface area contributed by atoms with Gasteiger partial charge in [-0.15, -0.1) is 0 Å². The monoisotopic (exact) mass is 635 g/mol. The molecule has 0 bridgehead atoms. The predicted molar refractivity (Wildman–Crippen MR) is 166 cm³/mol. The fourth-order valence-corrected chi connectivity index (χ4v) is 5.98. The molecule has 12 heteroatoms. The van der Waals surface area contributed by atoms with Crippen LogP contribution >= 0.6 is 11.8 Å². The number of ketones is 1. The van der Waals surface area contributed by atoms with Crippen LogP contribution in [-0.2, 0) is 14.3 Å². The summed E-state index contributed by atoms with van der Waals surface area (Å²) in [4.78, 5) is 57.1. The highest BCUT2D eigenvalue weighted by Gasteiger charge is 2.41. The van der Waals surface area contributed by atoms with Gasteiger partial charge in [-0.25, -0.2) is 14.7 Å². The molecule has 1 unspecified atom stereocenters. The molecule has 2 aliphatic heterocycles. The van der Waals surface area contributed by atoms with E-state index < -0.39 is 29.6 Å². The third-order valence-corrected chi connectivity index (χ3v) is 8.38. The molecule has 0 N–H and O–H groups in total. The van der Waals surface area contributed by atoms with Crippen molar-refractivity contribution in [1.82, 2.24) is 4.98 Å². The number of amides is 2. The number of hydrogen-bond acceptors (Lipinski definition) is 11. The summed E-state index contributed by atoms with van der Waals surface area (Å²) in [5.41, 5.74) is 2.39. The van der Waals surface area contributed by atoms with E-state index >= 15 is 0 Å². The number of rotatable bonds is 10. The molecule has 2 amide bonds. The number of thioether (sulfide) groups is 1. The van der Waals surface area contributed by atoms with Gasteiger partial charge in [-0.1, -0.05) is 11.8 Å². The molecule has 0 spiro atoms. The number of imide groups is 1. The third kappa shape index (κ3) is 6.27.